The molecule has 4 fully saturated rings. The monoisotopic (exact) mass is 1090 g/mol. The van der Waals surface area contributed by atoms with Gasteiger partial charge in [-0.1, -0.05) is 0 Å². The highest BCUT2D eigenvalue weighted by Gasteiger charge is 2.40. The number of rotatable bonds is 26. The minimum absolute atomic E-state index is 0.0357. The first-order valence-corrected chi connectivity index (χ1v) is 28.6. The Morgan fingerprint density at radius 2 is 0.653 bits per heavy atom. The molecule has 0 aromatic rings. The van der Waals surface area contributed by atoms with Crippen LogP contribution in [0.25, 0.3) is 0 Å². The molecule has 0 aromatic carbocycles. The molecule has 4 saturated carbocycles. The van der Waals surface area contributed by atoms with Gasteiger partial charge < -0.3 is 37.9 Å². The standard InChI is InChI=1S/C49H70O19S4/c1-45(17-5-34(50)6-18-45)65-33-69-25-13-38(54)61-29-49(30-62-39(55)14-26-70-42(58)66-46(2)19-7-35(51)8-20-46,31-63-40(56)15-27-71-43(59)67-47(3)21-9-36(52)10-22-47)32-64-41(57)16-28-72-44(60)68-48(4)23-11-37(53)12-24-48/h5-33H2,1-4H3. The van der Waals surface area contributed by atoms with E-state index in [1.165, 1.54) is 11.8 Å². The lowest BCUT2D eigenvalue weighted by Gasteiger charge is -2.33. The molecule has 0 spiro atoms. The van der Waals surface area contributed by atoms with Gasteiger partial charge in [0.25, 0.3) is 0 Å². The summed E-state index contributed by atoms with van der Waals surface area (Å²) < 4.78 is 45.4. The van der Waals surface area contributed by atoms with Crippen molar-refractivity contribution in [1.82, 2.24) is 0 Å². The Kier molecular flexibility index (Phi) is 24.9. The molecule has 0 aromatic heterocycles. The zero-order valence-corrected chi connectivity index (χ0v) is 45.2. The predicted octanol–water partition coefficient (Wildman–Crippen LogP) is 8.63. The Bertz CT molecular complexity index is 1760. The van der Waals surface area contributed by atoms with E-state index in [0.717, 1.165) is 35.3 Å². The molecule has 0 amide bonds. The van der Waals surface area contributed by atoms with E-state index in [0.29, 0.717) is 108 Å². The van der Waals surface area contributed by atoms with E-state index in [1.807, 2.05) is 6.92 Å². The molecule has 23 heteroatoms. The Labute approximate surface area is 437 Å². The van der Waals surface area contributed by atoms with Gasteiger partial charge >= 0.3 is 39.8 Å². The highest BCUT2D eigenvalue weighted by atomic mass is 32.2. The average Bonchev–Trinajstić information content (AvgIpc) is 3.32. The molecule has 4 aliphatic rings. The molecule has 19 nitrogen and oxygen atoms in total. The van der Waals surface area contributed by atoms with Crippen molar-refractivity contribution in [2.24, 2.45) is 5.41 Å². The summed E-state index contributed by atoms with van der Waals surface area (Å²) in [6.45, 7) is 4.88. The smallest absolute Gasteiger partial charge is 0.367 e. The lowest BCUT2D eigenvalue weighted by atomic mass is 9.86. The van der Waals surface area contributed by atoms with Crippen LogP contribution in [0.3, 0.4) is 0 Å². The topological polar surface area (TPSA) is 262 Å². The van der Waals surface area contributed by atoms with Crippen LogP contribution in [0, 0.1) is 5.41 Å². The van der Waals surface area contributed by atoms with Gasteiger partial charge in [-0.05, 0) is 114 Å². The number of ketones is 4. The van der Waals surface area contributed by atoms with Crippen LogP contribution < -0.4 is 0 Å². The van der Waals surface area contributed by atoms with E-state index in [9.17, 15) is 52.7 Å². The third kappa shape index (κ3) is 23.3. The Morgan fingerprint density at radius 3 is 0.931 bits per heavy atom. The number of ether oxygens (including phenoxy) is 8. The lowest BCUT2D eigenvalue weighted by Crippen LogP contribution is -2.44. The van der Waals surface area contributed by atoms with E-state index in [1.54, 1.807) is 20.8 Å². The van der Waals surface area contributed by atoms with Crippen LogP contribution in [-0.4, -0.2) is 141 Å². The van der Waals surface area contributed by atoms with Crippen molar-refractivity contribution >= 4 is 110 Å². The van der Waals surface area contributed by atoms with E-state index >= 15 is 0 Å². The Balaban J connectivity index is 1.39. The molecule has 4 aliphatic carbocycles. The van der Waals surface area contributed by atoms with E-state index in [2.05, 4.69) is 0 Å². The largest absolute Gasteiger partial charge is 0.465 e. The molecule has 0 heterocycles. The molecule has 0 radical (unpaired) electrons. The highest BCUT2D eigenvalue weighted by Crippen LogP contribution is 2.35. The summed E-state index contributed by atoms with van der Waals surface area (Å²) >= 11 is 3.61. The fraction of sp³-hybridized carbons (Fsp3) is 0.776. The first-order chi connectivity index (χ1) is 34.0. The molecule has 0 atom stereocenters. The fourth-order valence-electron chi connectivity index (χ4n) is 7.90. The minimum atomic E-state index is -1.67. The summed E-state index contributed by atoms with van der Waals surface area (Å²) in [5.74, 6) is -2.08. The number of hydrogen-bond acceptors (Lipinski definition) is 23. The van der Waals surface area contributed by atoms with Crippen LogP contribution >= 0.6 is 47.0 Å². The van der Waals surface area contributed by atoms with Gasteiger partial charge in [0.15, 0.2) is 0 Å². The summed E-state index contributed by atoms with van der Waals surface area (Å²) in [4.78, 5) is 138. The summed E-state index contributed by atoms with van der Waals surface area (Å²) in [7, 11) is 0. The van der Waals surface area contributed by atoms with Gasteiger partial charge in [-0.3, -0.25) is 38.4 Å². The van der Waals surface area contributed by atoms with Crippen LogP contribution in [0.4, 0.5) is 14.4 Å². The molecule has 0 bridgehead atoms. The van der Waals surface area contributed by atoms with Crippen molar-refractivity contribution in [1.29, 1.82) is 0 Å². The minimum Gasteiger partial charge on any atom is -0.465 e. The van der Waals surface area contributed by atoms with Crippen LogP contribution in [0.15, 0.2) is 0 Å². The molecule has 0 unspecified atom stereocenters. The van der Waals surface area contributed by atoms with Crippen molar-refractivity contribution in [3.8, 4) is 0 Å². The van der Waals surface area contributed by atoms with E-state index in [-0.39, 0.29) is 72.0 Å². The van der Waals surface area contributed by atoms with Gasteiger partial charge in [0.05, 0.1) is 37.2 Å². The first-order valence-electron chi connectivity index (χ1n) is 24.5. The number of hydrogen-bond donors (Lipinski definition) is 0. The van der Waals surface area contributed by atoms with Gasteiger partial charge in [-0.25, -0.2) is 14.4 Å². The van der Waals surface area contributed by atoms with Gasteiger partial charge in [0.1, 0.15) is 71.8 Å². The van der Waals surface area contributed by atoms with Gasteiger partial charge in [-0.2, -0.15) is 0 Å². The van der Waals surface area contributed by atoms with Gasteiger partial charge in [0, 0.05) is 74.4 Å². The van der Waals surface area contributed by atoms with Crippen LogP contribution in [0.1, 0.15) is 156 Å². The maximum Gasteiger partial charge on any atom is 0.367 e. The van der Waals surface area contributed by atoms with E-state index in [4.69, 9.17) is 37.9 Å². The predicted molar refractivity (Wildman–Crippen MR) is 267 cm³/mol. The fourth-order valence-corrected chi connectivity index (χ4v) is 10.8. The van der Waals surface area contributed by atoms with Crippen molar-refractivity contribution in [3.63, 3.8) is 0 Å². The lowest BCUT2D eigenvalue weighted by molar-refractivity contribution is -0.170. The van der Waals surface area contributed by atoms with Crippen LogP contribution in [-0.2, 0) is 76.3 Å². The second kappa shape index (κ2) is 29.4. The molecular formula is C49H70O19S4. The Hall–Kier alpha value is -3.67. The number of thioether (sulfide) groups is 4. The highest BCUT2D eigenvalue weighted by molar-refractivity contribution is 8.13. The number of carbonyl (C=O) groups excluding carboxylic acids is 11. The summed E-state index contributed by atoms with van der Waals surface area (Å²) in [6.07, 6.45) is 5.37. The maximum atomic E-state index is 13.2. The second-order valence-corrected chi connectivity index (χ2v) is 24.0. The summed E-state index contributed by atoms with van der Waals surface area (Å²) in [5, 5.41) is -1.87. The number of carbonyl (C=O) groups is 11. The van der Waals surface area contributed by atoms with Crippen molar-refractivity contribution in [2.75, 3.05) is 55.4 Å². The molecule has 0 aliphatic heterocycles. The van der Waals surface area contributed by atoms with Gasteiger partial charge in [0.2, 0.25) is 0 Å². The molecule has 0 N–H and O–H groups in total. The van der Waals surface area contributed by atoms with Crippen molar-refractivity contribution in [2.45, 2.75) is 179 Å². The number of Topliss-reactive ketones (excluding diaryl/α,β-unsaturated/α-hetero) is 4. The van der Waals surface area contributed by atoms with Crippen LogP contribution in [0.5, 0.6) is 0 Å². The normalized spacial score (nSPS) is 19.3. The quantitative estimate of drug-likeness (QED) is 0.0339. The molecule has 0 saturated heterocycles. The average molecular weight is 1090 g/mol. The first kappa shape index (κ1) is 60.9. The zero-order chi connectivity index (χ0) is 52.8. The molecule has 72 heavy (non-hydrogen) atoms. The third-order valence-corrected chi connectivity index (χ3v) is 16.1. The van der Waals surface area contributed by atoms with Crippen LogP contribution in [0.2, 0.25) is 0 Å². The van der Waals surface area contributed by atoms with Crippen molar-refractivity contribution in [3.05, 3.63) is 0 Å². The summed E-state index contributed by atoms with van der Waals surface area (Å²) in [5.41, 5.74) is -4.52. The third-order valence-electron chi connectivity index (χ3n) is 13.1. The van der Waals surface area contributed by atoms with Crippen molar-refractivity contribution < 1.29 is 90.6 Å². The zero-order valence-electron chi connectivity index (χ0n) is 41.9. The molecule has 4 rings (SSSR count). The molecule has 404 valence electrons. The molecular weight excluding hydrogens is 1020 g/mol. The van der Waals surface area contributed by atoms with Gasteiger partial charge in [-0.15, -0.1) is 11.8 Å². The maximum absolute atomic E-state index is 13.2. The second-order valence-electron chi connectivity index (χ2n) is 19.9. The van der Waals surface area contributed by atoms with E-state index < -0.39 is 94.0 Å². The Morgan fingerprint density at radius 1 is 0.403 bits per heavy atom. The summed E-state index contributed by atoms with van der Waals surface area (Å²) in [6, 6.07) is 0. The SMILES string of the molecule is CC1(OCSCCC(=O)OCC(COC(=O)CCSC(=O)OC2(C)CCC(=O)CC2)(COC(=O)CCSC(=O)OC2(C)CCC(=O)CC2)COC(=O)CCSC(=O)OC2(C)CCC(=O)CC2)CCC(=O)CC1. The number of esters is 4.